The van der Waals surface area contributed by atoms with Crippen LogP contribution in [0.3, 0.4) is 0 Å². The minimum atomic E-state index is 0.182. The van der Waals surface area contributed by atoms with Crippen LogP contribution in [0.4, 0.5) is 0 Å². The summed E-state index contributed by atoms with van der Waals surface area (Å²) in [5.74, 6) is 0.182. The van der Waals surface area contributed by atoms with Crippen molar-refractivity contribution in [3.05, 3.63) is 46.6 Å². The Morgan fingerprint density at radius 2 is 2.27 bits per heavy atom. The molecule has 0 aromatic heterocycles. The van der Waals surface area contributed by atoms with Crippen LogP contribution in [0.1, 0.15) is 6.42 Å². The fourth-order valence-electron chi connectivity index (χ4n) is 1.71. The first-order valence-electron chi connectivity index (χ1n) is 3.73. The topological polar surface area (TPSA) is 17.1 Å². The zero-order valence-corrected chi connectivity index (χ0v) is 5.92. The summed E-state index contributed by atoms with van der Waals surface area (Å²) in [7, 11) is 0. The van der Waals surface area contributed by atoms with E-state index in [0.717, 1.165) is 17.6 Å². The summed E-state index contributed by atoms with van der Waals surface area (Å²) in [5.41, 5.74) is 4.73. The number of allylic oxidation sites excluding steroid dienone is 8. The lowest BCUT2D eigenvalue weighted by atomic mass is 9.98. The maximum absolute atomic E-state index is 11.3. The van der Waals surface area contributed by atoms with E-state index < -0.39 is 0 Å². The highest BCUT2D eigenvalue weighted by Gasteiger charge is 2.35. The first kappa shape index (κ1) is 5.30. The second-order valence-electron chi connectivity index (χ2n) is 3.05. The van der Waals surface area contributed by atoms with Crippen molar-refractivity contribution < 1.29 is 4.79 Å². The van der Waals surface area contributed by atoms with Crippen molar-refractivity contribution in [3.63, 3.8) is 0 Å². The third-order valence-electron chi connectivity index (χ3n) is 2.32. The highest BCUT2D eigenvalue weighted by Crippen LogP contribution is 2.49. The Kier molecular flexibility index (Phi) is 0.698. The van der Waals surface area contributed by atoms with Crippen LogP contribution in [0.15, 0.2) is 46.6 Å². The predicted molar refractivity (Wildman–Crippen MR) is 42.0 cm³/mol. The summed E-state index contributed by atoms with van der Waals surface area (Å²) in [5, 5.41) is 0. The molecule has 0 aromatic carbocycles. The van der Waals surface area contributed by atoms with Crippen LogP contribution in [0.25, 0.3) is 0 Å². The average molecular weight is 142 g/mol. The van der Waals surface area contributed by atoms with E-state index in [-0.39, 0.29) is 5.78 Å². The molecular formula is C10H6O. The highest BCUT2D eigenvalue weighted by atomic mass is 16.1. The summed E-state index contributed by atoms with van der Waals surface area (Å²) in [6.45, 7) is 0. The smallest absolute Gasteiger partial charge is 0.186 e. The van der Waals surface area contributed by atoms with Gasteiger partial charge < -0.3 is 0 Å². The fourth-order valence-corrected chi connectivity index (χ4v) is 1.71. The third-order valence-corrected chi connectivity index (χ3v) is 2.32. The Bertz CT molecular complexity index is 389. The number of hydrogen-bond donors (Lipinski definition) is 0. The van der Waals surface area contributed by atoms with Gasteiger partial charge in [-0.05, 0) is 29.2 Å². The van der Waals surface area contributed by atoms with Gasteiger partial charge in [-0.3, -0.25) is 4.79 Å². The van der Waals surface area contributed by atoms with Crippen molar-refractivity contribution >= 4 is 5.78 Å². The lowest BCUT2D eigenvalue weighted by Gasteiger charge is -2.04. The van der Waals surface area contributed by atoms with Crippen molar-refractivity contribution in [2.75, 3.05) is 0 Å². The SMILES string of the molecule is O=C1C=CC=C2C=C3CC3=C12. The zero-order valence-electron chi connectivity index (χ0n) is 5.92. The molecule has 3 aliphatic carbocycles. The largest absolute Gasteiger partial charge is 0.289 e. The van der Waals surface area contributed by atoms with Gasteiger partial charge in [-0.1, -0.05) is 18.2 Å². The third kappa shape index (κ3) is 0.535. The van der Waals surface area contributed by atoms with Gasteiger partial charge in [-0.2, -0.15) is 0 Å². The molecule has 1 fully saturated rings. The first-order valence-corrected chi connectivity index (χ1v) is 3.73. The maximum atomic E-state index is 11.3. The van der Waals surface area contributed by atoms with Crippen LogP contribution < -0.4 is 0 Å². The van der Waals surface area contributed by atoms with Crippen molar-refractivity contribution in [3.8, 4) is 0 Å². The summed E-state index contributed by atoms with van der Waals surface area (Å²) in [6.07, 6.45) is 8.63. The Morgan fingerprint density at radius 1 is 1.36 bits per heavy atom. The lowest BCUT2D eigenvalue weighted by Crippen LogP contribution is -2.02. The van der Waals surface area contributed by atoms with E-state index in [4.69, 9.17) is 0 Å². The van der Waals surface area contributed by atoms with Crippen LogP contribution in [-0.2, 0) is 4.79 Å². The Labute approximate surface area is 64.4 Å². The molecule has 0 saturated heterocycles. The molecular weight excluding hydrogens is 136 g/mol. The number of rotatable bonds is 0. The van der Waals surface area contributed by atoms with Gasteiger partial charge in [-0.15, -0.1) is 0 Å². The molecule has 0 atom stereocenters. The van der Waals surface area contributed by atoms with Crippen LogP contribution in [0.5, 0.6) is 0 Å². The van der Waals surface area contributed by atoms with Gasteiger partial charge >= 0.3 is 0 Å². The molecule has 1 heteroatoms. The highest BCUT2D eigenvalue weighted by molar-refractivity contribution is 6.13. The summed E-state index contributed by atoms with van der Waals surface area (Å²) in [6, 6.07) is 0. The number of fused-ring (bicyclic) bond motifs is 2. The van der Waals surface area contributed by atoms with Crippen LogP contribution >= 0.6 is 0 Å². The second-order valence-corrected chi connectivity index (χ2v) is 3.05. The Morgan fingerprint density at radius 3 is 3.09 bits per heavy atom. The zero-order chi connectivity index (χ0) is 7.42. The molecule has 3 aliphatic rings. The van der Waals surface area contributed by atoms with E-state index in [0.29, 0.717) is 0 Å². The molecule has 0 unspecified atom stereocenters. The summed E-state index contributed by atoms with van der Waals surface area (Å²) < 4.78 is 0. The molecule has 0 heterocycles. The summed E-state index contributed by atoms with van der Waals surface area (Å²) >= 11 is 0. The van der Waals surface area contributed by atoms with Gasteiger partial charge in [0.2, 0.25) is 0 Å². The predicted octanol–water partition coefficient (Wildman–Crippen LogP) is 1.69. The van der Waals surface area contributed by atoms with Gasteiger partial charge in [0.05, 0.1) is 0 Å². The monoisotopic (exact) mass is 142 g/mol. The number of ketones is 1. The van der Waals surface area contributed by atoms with Crippen molar-refractivity contribution in [2.45, 2.75) is 6.42 Å². The quantitative estimate of drug-likeness (QED) is 0.503. The summed E-state index contributed by atoms with van der Waals surface area (Å²) in [4.78, 5) is 11.3. The van der Waals surface area contributed by atoms with Crippen molar-refractivity contribution in [1.82, 2.24) is 0 Å². The van der Waals surface area contributed by atoms with Crippen LogP contribution in [-0.4, -0.2) is 5.78 Å². The minimum Gasteiger partial charge on any atom is -0.289 e. The van der Waals surface area contributed by atoms with Gasteiger partial charge in [0.25, 0.3) is 0 Å². The van der Waals surface area contributed by atoms with Crippen LogP contribution in [0.2, 0.25) is 0 Å². The van der Waals surface area contributed by atoms with E-state index >= 15 is 0 Å². The molecule has 52 valence electrons. The second kappa shape index (κ2) is 1.45. The molecule has 0 N–H and O–H groups in total. The molecule has 0 bridgehead atoms. The van der Waals surface area contributed by atoms with Crippen LogP contribution in [0, 0.1) is 0 Å². The molecule has 3 rings (SSSR count). The van der Waals surface area contributed by atoms with E-state index in [9.17, 15) is 4.79 Å². The molecule has 1 saturated carbocycles. The lowest BCUT2D eigenvalue weighted by molar-refractivity contribution is -0.111. The first-order chi connectivity index (χ1) is 5.36. The van der Waals surface area contributed by atoms with E-state index in [2.05, 4.69) is 6.08 Å². The van der Waals surface area contributed by atoms with Crippen molar-refractivity contribution in [1.29, 1.82) is 0 Å². The van der Waals surface area contributed by atoms with Crippen molar-refractivity contribution in [2.24, 2.45) is 0 Å². The minimum absolute atomic E-state index is 0.182. The van der Waals surface area contributed by atoms with Gasteiger partial charge in [0, 0.05) is 5.57 Å². The Balaban J connectivity index is 2.29. The average Bonchev–Trinajstić information content (AvgIpc) is 2.62. The molecule has 0 radical (unpaired) electrons. The van der Waals surface area contributed by atoms with Gasteiger partial charge in [0.15, 0.2) is 5.78 Å². The normalized spacial score (nSPS) is 24.5. The van der Waals surface area contributed by atoms with E-state index in [1.54, 1.807) is 6.08 Å². The van der Waals surface area contributed by atoms with E-state index in [1.807, 2.05) is 12.2 Å². The standard InChI is InChI=1S/C10H6O/c11-9-3-1-2-6-4-7-5-8(7)10(6)9/h1-4H,5H2. The van der Waals surface area contributed by atoms with Gasteiger partial charge in [-0.25, -0.2) is 0 Å². The molecule has 0 aromatic rings. The molecule has 1 nitrogen and oxygen atoms in total. The molecule has 11 heavy (non-hydrogen) atoms. The molecule has 0 aliphatic heterocycles. The van der Waals surface area contributed by atoms with E-state index in [1.165, 1.54) is 11.1 Å². The number of hydrogen-bond acceptors (Lipinski definition) is 1. The molecule has 0 spiro atoms. The molecule has 0 amide bonds. The fraction of sp³-hybridized carbons (Fsp3) is 0.100. The number of carbonyl (C=O) groups is 1. The Hall–Kier alpha value is -1.37. The van der Waals surface area contributed by atoms with Gasteiger partial charge in [0.1, 0.15) is 0 Å². The maximum Gasteiger partial charge on any atom is 0.186 e. The number of carbonyl (C=O) groups excluding carboxylic acids is 1.